The van der Waals surface area contributed by atoms with E-state index in [9.17, 15) is 18.7 Å². The van der Waals surface area contributed by atoms with E-state index in [1.807, 2.05) is 0 Å². The second-order valence-electron chi connectivity index (χ2n) is 3.66. The molecule has 0 atom stereocenters. The van der Waals surface area contributed by atoms with Gasteiger partial charge in [0.1, 0.15) is 18.2 Å². The van der Waals surface area contributed by atoms with Crippen molar-refractivity contribution in [2.75, 3.05) is 13.7 Å². The van der Waals surface area contributed by atoms with E-state index < -0.39 is 23.4 Å². The van der Waals surface area contributed by atoms with Crippen molar-refractivity contribution in [1.29, 1.82) is 0 Å². The molecule has 6 nitrogen and oxygen atoms in total. The van der Waals surface area contributed by atoms with E-state index in [4.69, 9.17) is 0 Å². The number of aromatic hydroxyl groups is 1. The summed E-state index contributed by atoms with van der Waals surface area (Å²) in [5.41, 5.74) is -0.329. The van der Waals surface area contributed by atoms with Crippen LogP contribution >= 0.6 is 0 Å². The van der Waals surface area contributed by atoms with Gasteiger partial charge >= 0.3 is 0 Å². The van der Waals surface area contributed by atoms with Crippen LogP contribution in [0.1, 0.15) is 0 Å². The highest BCUT2D eigenvalue weighted by atomic mass is 19.1. The van der Waals surface area contributed by atoms with E-state index in [1.165, 1.54) is 7.11 Å². The lowest BCUT2D eigenvalue weighted by Crippen LogP contribution is -2.01. The number of hydrogen-bond donors (Lipinski definition) is 2. The standard InChI is InChI=1S/C11H9F2N3O3/c1-19-4-8(17)15-16-10-6-2-5(12)3-7(13)9(6)14-11(10)18/h2-3,14,18H,4H2,1H3. The van der Waals surface area contributed by atoms with Crippen LogP contribution in [0.25, 0.3) is 10.9 Å². The van der Waals surface area contributed by atoms with Gasteiger partial charge in [0, 0.05) is 18.6 Å². The van der Waals surface area contributed by atoms with Crippen molar-refractivity contribution < 1.29 is 23.4 Å². The van der Waals surface area contributed by atoms with Crippen LogP contribution in [0, 0.1) is 11.6 Å². The summed E-state index contributed by atoms with van der Waals surface area (Å²) in [5, 5.41) is 16.3. The van der Waals surface area contributed by atoms with Gasteiger partial charge in [-0.25, -0.2) is 8.78 Å². The summed E-state index contributed by atoms with van der Waals surface area (Å²) in [5.74, 6) is -2.90. The van der Waals surface area contributed by atoms with E-state index in [1.54, 1.807) is 0 Å². The number of H-pyrrole nitrogens is 1. The number of aromatic amines is 1. The number of aromatic nitrogens is 1. The minimum Gasteiger partial charge on any atom is -0.493 e. The summed E-state index contributed by atoms with van der Waals surface area (Å²) in [4.78, 5) is 13.4. The van der Waals surface area contributed by atoms with Crippen LogP contribution in [0.5, 0.6) is 5.88 Å². The Labute approximate surface area is 105 Å². The zero-order valence-electron chi connectivity index (χ0n) is 9.78. The molecule has 1 amide bonds. The number of carbonyl (C=O) groups excluding carboxylic acids is 1. The van der Waals surface area contributed by atoms with Gasteiger partial charge in [0.15, 0.2) is 5.69 Å². The van der Waals surface area contributed by atoms with Crippen LogP contribution in [0.4, 0.5) is 14.5 Å². The molecule has 1 aromatic heterocycles. The molecule has 0 unspecified atom stereocenters. The van der Waals surface area contributed by atoms with Crippen molar-refractivity contribution in [3.8, 4) is 5.88 Å². The second kappa shape index (κ2) is 5.11. The predicted molar refractivity (Wildman–Crippen MR) is 61.3 cm³/mol. The Morgan fingerprint density at radius 1 is 1.47 bits per heavy atom. The fraction of sp³-hybridized carbons (Fsp3) is 0.182. The Morgan fingerprint density at radius 2 is 2.21 bits per heavy atom. The molecule has 1 aromatic carbocycles. The van der Waals surface area contributed by atoms with Crippen molar-refractivity contribution in [3.05, 3.63) is 23.8 Å². The van der Waals surface area contributed by atoms with E-state index in [0.29, 0.717) is 6.07 Å². The van der Waals surface area contributed by atoms with Crippen LogP contribution in [0.15, 0.2) is 22.4 Å². The summed E-state index contributed by atoms with van der Waals surface area (Å²) in [6, 6.07) is 1.64. The number of rotatable bonds is 3. The highest BCUT2D eigenvalue weighted by Gasteiger charge is 2.15. The van der Waals surface area contributed by atoms with Gasteiger partial charge in [-0.05, 0) is 6.07 Å². The molecule has 0 radical (unpaired) electrons. The normalized spacial score (nSPS) is 11.5. The van der Waals surface area contributed by atoms with Gasteiger partial charge in [-0.2, -0.15) is 0 Å². The molecule has 19 heavy (non-hydrogen) atoms. The van der Waals surface area contributed by atoms with Crippen LogP contribution in [0.2, 0.25) is 0 Å². The summed E-state index contributed by atoms with van der Waals surface area (Å²) in [7, 11) is 1.31. The Hall–Kier alpha value is -2.35. The average molecular weight is 269 g/mol. The Balaban J connectivity index is 2.48. The maximum absolute atomic E-state index is 13.4. The molecule has 0 aliphatic heterocycles. The van der Waals surface area contributed by atoms with Crippen molar-refractivity contribution in [2.24, 2.45) is 10.2 Å². The summed E-state index contributed by atoms with van der Waals surface area (Å²) >= 11 is 0. The van der Waals surface area contributed by atoms with E-state index in [0.717, 1.165) is 6.07 Å². The van der Waals surface area contributed by atoms with Gasteiger partial charge in [-0.1, -0.05) is 0 Å². The van der Waals surface area contributed by atoms with Gasteiger partial charge in [0.25, 0.3) is 5.91 Å². The number of fused-ring (bicyclic) bond motifs is 1. The van der Waals surface area contributed by atoms with E-state index in [2.05, 4.69) is 19.9 Å². The first-order chi connectivity index (χ1) is 9.02. The van der Waals surface area contributed by atoms with Gasteiger partial charge in [-0.3, -0.25) is 4.79 Å². The molecule has 2 aromatic rings. The van der Waals surface area contributed by atoms with Gasteiger partial charge in [0.05, 0.1) is 5.52 Å². The largest absolute Gasteiger partial charge is 0.493 e. The van der Waals surface area contributed by atoms with Crippen LogP contribution in [0.3, 0.4) is 0 Å². The lowest BCUT2D eigenvalue weighted by molar-refractivity contribution is -0.121. The minimum absolute atomic E-state index is 0.0102. The lowest BCUT2D eigenvalue weighted by atomic mass is 10.2. The molecule has 2 rings (SSSR count). The minimum atomic E-state index is -0.880. The van der Waals surface area contributed by atoms with Crippen molar-refractivity contribution in [3.63, 3.8) is 0 Å². The summed E-state index contributed by atoms with van der Waals surface area (Å²) < 4.78 is 31.1. The number of methoxy groups -OCH3 is 1. The molecule has 0 aliphatic rings. The first-order valence-corrected chi connectivity index (χ1v) is 5.16. The second-order valence-corrected chi connectivity index (χ2v) is 3.66. The smallest absolute Gasteiger partial charge is 0.290 e. The van der Waals surface area contributed by atoms with Crippen molar-refractivity contribution in [2.45, 2.75) is 0 Å². The molecule has 1 heterocycles. The number of halogens is 2. The fourth-order valence-electron chi connectivity index (χ4n) is 1.55. The molecule has 0 bridgehead atoms. The Morgan fingerprint density at radius 3 is 2.89 bits per heavy atom. The average Bonchev–Trinajstić information content (AvgIpc) is 2.64. The maximum atomic E-state index is 13.4. The molecule has 0 aliphatic carbocycles. The van der Waals surface area contributed by atoms with E-state index >= 15 is 0 Å². The summed E-state index contributed by atoms with van der Waals surface area (Å²) in [6.07, 6.45) is 0. The van der Waals surface area contributed by atoms with Gasteiger partial charge < -0.3 is 14.8 Å². The fourth-order valence-corrected chi connectivity index (χ4v) is 1.55. The maximum Gasteiger partial charge on any atom is 0.290 e. The lowest BCUT2D eigenvalue weighted by Gasteiger charge is -1.94. The topological polar surface area (TPSA) is 87.0 Å². The first kappa shape index (κ1) is 13.1. The first-order valence-electron chi connectivity index (χ1n) is 5.16. The summed E-state index contributed by atoms with van der Waals surface area (Å²) in [6.45, 7) is -0.282. The highest BCUT2D eigenvalue weighted by molar-refractivity contribution is 5.94. The number of nitrogens with one attached hydrogen (secondary N) is 1. The molecular weight excluding hydrogens is 260 g/mol. The number of ether oxygens (including phenoxy) is 1. The quantitative estimate of drug-likeness (QED) is 0.839. The van der Waals surface area contributed by atoms with Crippen LogP contribution in [-0.2, 0) is 9.53 Å². The number of azo groups is 1. The van der Waals surface area contributed by atoms with Gasteiger partial charge in [-0.15, -0.1) is 10.2 Å². The SMILES string of the molecule is COCC(=O)N=Nc1c(O)[nH]c2c(F)cc(F)cc12. The number of amides is 1. The monoisotopic (exact) mass is 269 g/mol. The molecule has 2 N–H and O–H groups in total. The van der Waals surface area contributed by atoms with Crippen molar-refractivity contribution in [1.82, 2.24) is 4.98 Å². The molecule has 0 fully saturated rings. The Kier molecular flexibility index (Phi) is 3.52. The van der Waals surface area contributed by atoms with Crippen LogP contribution < -0.4 is 0 Å². The number of benzene rings is 1. The molecule has 100 valence electrons. The molecule has 0 spiro atoms. The van der Waals surface area contributed by atoms with Crippen molar-refractivity contribution >= 4 is 22.5 Å². The molecule has 0 saturated carbocycles. The third-order valence-corrected chi connectivity index (χ3v) is 2.31. The molecular formula is C11H9F2N3O3. The number of hydrogen-bond acceptors (Lipinski definition) is 4. The number of nitrogens with zero attached hydrogens (tertiary/aromatic N) is 2. The third kappa shape index (κ3) is 2.58. The zero-order valence-corrected chi connectivity index (χ0v) is 9.78. The highest BCUT2D eigenvalue weighted by Crippen LogP contribution is 2.36. The van der Waals surface area contributed by atoms with Crippen LogP contribution in [-0.4, -0.2) is 29.7 Å². The molecule has 0 saturated heterocycles. The third-order valence-electron chi connectivity index (χ3n) is 2.31. The Bertz CT molecular complexity index is 667. The van der Waals surface area contributed by atoms with Gasteiger partial charge in [0.2, 0.25) is 5.88 Å². The van der Waals surface area contributed by atoms with E-state index in [-0.39, 0.29) is 23.2 Å². The molecule has 8 heteroatoms. The zero-order chi connectivity index (χ0) is 14.0. The predicted octanol–water partition coefficient (Wildman–Crippen LogP) is 2.41. The number of carbonyl (C=O) groups is 1.